The quantitative estimate of drug-likeness (QED) is 0.664. The van der Waals surface area contributed by atoms with E-state index in [9.17, 15) is 0 Å². The van der Waals surface area contributed by atoms with Gasteiger partial charge >= 0.3 is 0 Å². The largest absolute Gasteiger partial charge is 0.330 e. The van der Waals surface area contributed by atoms with Crippen molar-refractivity contribution in [3.8, 4) is 0 Å². The Balaban J connectivity index is 1.99. The summed E-state index contributed by atoms with van der Waals surface area (Å²) in [5, 5.41) is 0. The standard InChI is InChI=1S/C12H26N2/c1-12-8-4-7-11-14(12)10-6-3-2-5-9-13/h12H,2-11,13H2,1H3/t12-/m0/s1. The number of nitrogens with zero attached hydrogens (tertiary/aromatic N) is 1. The highest BCUT2D eigenvalue weighted by Crippen LogP contribution is 2.16. The fourth-order valence-corrected chi connectivity index (χ4v) is 2.30. The van der Waals surface area contributed by atoms with Crippen molar-refractivity contribution in [3.05, 3.63) is 0 Å². The van der Waals surface area contributed by atoms with Gasteiger partial charge in [0.1, 0.15) is 0 Å². The number of piperidine rings is 1. The van der Waals surface area contributed by atoms with Gasteiger partial charge in [-0.1, -0.05) is 19.3 Å². The zero-order valence-electron chi connectivity index (χ0n) is 9.67. The average molecular weight is 198 g/mol. The van der Waals surface area contributed by atoms with Gasteiger partial charge in [-0.3, -0.25) is 0 Å². The lowest BCUT2D eigenvalue weighted by Crippen LogP contribution is -2.37. The van der Waals surface area contributed by atoms with Crippen LogP contribution in [0.15, 0.2) is 0 Å². The maximum atomic E-state index is 5.47. The Labute approximate surface area is 88.8 Å². The number of nitrogens with two attached hydrogens (primary N) is 1. The van der Waals surface area contributed by atoms with E-state index in [1.807, 2.05) is 0 Å². The Morgan fingerprint density at radius 1 is 1.14 bits per heavy atom. The zero-order chi connectivity index (χ0) is 10.2. The Morgan fingerprint density at radius 3 is 2.64 bits per heavy atom. The molecular weight excluding hydrogens is 172 g/mol. The maximum Gasteiger partial charge on any atom is 0.00669 e. The van der Waals surface area contributed by atoms with E-state index < -0.39 is 0 Å². The summed E-state index contributed by atoms with van der Waals surface area (Å²) in [5.74, 6) is 0. The molecule has 0 spiro atoms. The third-order valence-electron chi connectivity index (χ3n) is 3.34. The lowest BCUT2D eigenvalue weighted by molar-refractivity contribution is 0.157. The second-order valence-electron chi connectivity index (χ2n) is 4.58. The van der Waals surface area contributed by atoms with Gasteiger partial charge in [-0.05, 0) is 52.2 Å². The van der Waals surface area contributed by atoms with Crippen molar-refractivity contribution < 1.29 is 0 Å². The lowest BCUT2D eigenvalue weighted by Gasteiger charge is -2.33. The summed E-state index contributed by atoms with van der Waals surface area (Å²) in [6, 6.07) is 0.832. The maximum absolute atomic E-state index is 5.47. The fourth-order valence-electron chi connectivity index (χ4n) is 2.30. The highest BCUT2D eigenvalue weighted by Gasteiger charge is 2.16. The molecule has 84 valence electrons. The van der Waals surface area contributed by atoms with E-state index in [0.717, 1.165) is 12.6 Å². The van der Waals surface area contributed by atoms with Crippen LogP contribution in [0.2, 0.25) is 0 Å². The van der Waals surface area contributed by atoms with Crippen LogP contribution in [-0.2, 0) is 0 Å². The van der Waals surface area contributed by atoms with Gasteiger partial charge < -0.3 is 10.6 Å². The van der Waals surface area contributed by atoms with Crippen LogP contribution in [0.1, 0.15) is 51.9 Å². The molecule has 1 rings (SSSR count). The van der Waals surface area contributed by atoms with Gasteiger partial charge in [-0.15, -0.1) is 0 Å². The zero-order valence-corrected chi connectivity index (χ0v) is 9.67. The minimum Gasteiger partial charge on any atom is -0.330 e. The topological polar surface area (TPSA) is 29.3 Å². The number of unbranched alkanes of at least 4 members (excludes halogenated alkanes) is 3. The predicted octanol–water partition coefficient (Wildman–Crippen LogP) is 2.38. The fraction of sp³-hybridized carbons (Fsp3) is 1.00. The molecule has 0 aliphatic carbocycles. The molecule has 2 heteroatoms. The van der Waals surface area contributed by atoms with Crippen molar-refractivity contribution in [3.63, 3.8) is 0 Å². The second-order valence-corrected chi connectivity index (χ2v) is 4.58. The molecule has 0 bridgehead atoms. The van der Waals surface area contributed by atoms with Gasteiger partial charge in [-0.25, -0.2) is 0 Å². The molecule has 2 N–H and O–H groups in total. The van der Waals surface area contributed by atoms with Gasteiger partial charge in [0.25, 0.3) is 0 Å². The van der Waals surface area contributed by atoms with Crippen LogP contribution in [0.3, 0.4) is 0 Å². The summed E-state index contributed by atoms with van der Waals surface area (Å²) in [4.78, 5) is 2.66. The minimum absolute atomic E-state index is 0.832. The Kier molecular flexibility index (Phi) is 6.20. The van der Waals surface area contributed by atoms with E-state index in [1.54, 1.807) is 0 Å². The highest BCUT2D eigenvalue weighted by atomic mass is 15.1. The van der Waals surface area contributed by atoms with Crippen LogP contribution in [0.4, 0.5) is 0 Å². The van der Waals surface area contributed by atoms with Crippen molar-refractivity contribution >= 4 is 0 Å². The highest BCUT2D eigenvalue weighted by molar-refractivity contribution is 4.72. The summed E-state index contributed by atoms with van der Waals surface area (Å²) < 4.78 is 0. The van der Waals surface area contributed by atoms with E-state index >= 15 is 0 Å². The van der Waals surface area contributed by atoms with Gasteiger partial charge in [0.2, 0.25) is 0 Å². The molecule has 0 amide bonds. The molecule has 1 saturated heterocycles. The second kappa shape index (κ2) is 7.24. The van der Waals surface area contributed by atoms with Crippen LogP contribution in [-0.4, -0.2) is 30.6 Å². The van der Waals surface area contributed by atoms with Gasteiger partial charge in [0.15, 0.2) is 0 Å². The van der Waals surface area contributed by atoms with Gasteiger partial charge in [-0.2, -0.15) is 0 Å². The minimum atomic E-state index is 0.832. The molecule has 1 aliphatic heterocycles. The molecular formula is C12H26N2. The van der Waals surface area contributed by atoms with Crippen molar-refractivity contribution in [2.24, 2.45) is 5.73 Å². The number of hydrogen-bond donors (Lipinski definition) is 1. The molecule has 1 heterocycles. The molecule has 1 fully saturated rings. The molecule has 1 atom stereocenters. The molecule has 0 aromatic rings. The average Bonchev–Trinajstić information content (AvgIpc) is 2.20. The van der Waals surface area contributed by atoms with Crippen LogP contribution in [0.5, 0.6) is 0 Å². The monoisotopic (exact) mass is 198 g/mol. The van der Waals surface area contributed by atoms with Crippen LogP contribution >= 0.6 is 0 Å². The number of hydrogen-bond acceptors (Lipinski definition) is 2. The van der Waals surface area contributed by atoms with E-state index in [4.69, 9.17) is 5.73 Å². The molecule has 2 nitrogen and oxygen atoms in total. The third kappa shape index (κ3) is 4.43. The summed E-state index contributed by atoms with van der Waals surface area (Å²) in [5.41, 5.74) is 5.47. The molecule has 0 radical (unpaired) electrons. The number of rotatable bonds is 6. The molecule has 14 heavy (non-hydrogen) atoms. The van der Waals surface area contributed by atoms with Crippen molar-refractivity contribution in [2.75, 3.05) is 19.6 Å². The van der Waals surface area contributed by atoms with Gasteiger partial charge in [0.05, 0.1) is 0 Å². The van der Waals surface area contributed by atoms with Crippen LogP contribution in [0.25, 0.3) is 0 Å². The Bertz CT molecular complexity index is 136. The van der Waals surface area contributed by atoms with Crippen LogP contribution in [0, 0.1) is 0 Å². The molecule has 0 aromatic carbocycles. The van der Waals surface area contributed by atoms with E-state index in [-0.39, 0.29) is 0 Å². The first-order chi connectivity index (χ1) is 6.84. The first kappa shape index (κ1) is 12.0. The Hall–Kier alpha value is -0.0800. The normalized spacial score (nSPS) is 24.0. The predicted molar refractivity (Wildman–Crippen MR) is 62.4 cm³/mol. The number of likely N-dealkylation sites (tertiary alicyclic amines) is 1. The smallest absolute Gasteiger partial charge is 0.00669 e. The van der Waals surface area contributed by atoms with E-state index in [2.05, 4.69) is 11.8 Å². The van der Waals surface area contributed by atoms with Gasteiger partial charge in [0, 0.05) is 6.04 Å². The van der Waals surface area contributed by atoms with E-state index in [0.29, 0.717) is 0 Å². The van der Waals surface area contributed by atoms with Crippen molar-refractivity contribution in [2.45, 2.75) is 57.9 Å². The summed E-state index contributed by atoms with van der Waals surface area (Å²) in [6.07, 6.45) is 9.50. The third-order valence-corrected chi connectivity index (χ3v) is 3.34. The van der Waals surface area contributed by atoms with Crippen molar-refractivity contribution in [1.82, 2.24) is 4.90 Å². The summed E-state index contributed by atoms with van der Waals surface area (Å²) >= 11 is 0. The molecule has 0 saturated carbocycles. The Morgan fingerprint density at radius 2 is 1.93 bits per heavy atom. The van der Waals surface area contributed by atoms with Crippen molar-refractivity contribution in [1.29, 1.82) is 0 Å². The first-order valence-electron chi connectivity index (χ1n) is 6.28. The SMILES string of the molecule is C[C@H]1CCCCN1CCCCCCN. The molecule has 0 unspecified atom stereocenters. The lowest BCUT2D eigenvalue weighted by atomic mass is 10.0. The first-order valence-corrected chi connectivity index (χ1v) is 6.28. The molecule has 1 aliphatic rings. The molecule has 0 aromatic heterocycles. The summed E-state index contributed by atoms with van der Waals surface area (Å²) in [6.45, 7) is 5.88. The van der Waals surface area contributed by atoms with E-state index in [1.165, 1.54) is 58.0 Å². The summed E-state index contributed by atoms with van der Waals surface area (Å²) in [7, 11) is 0. The van der Waals surface area contributed by atoms with Crippen LogP contribution < -0.4 is 5.73 Å².